The molecule has 0 aliphatic heterocycles. The van der Waals surface area contributed by atoms with E-state index in [0.29, 0.717) is 0 Å². The normalized spacial score (nSPS) is 12.4. The van der Waals surface area contributed by atoms with Crippen molar-refractivity contribution in [3.8, 4) is 0 Å². The summed E-state index contributed by atoms with van der Waals surface area (Å²) in [7, 11) is -3.65. The van der Waals surface area contributed by atoms with E-state index in [1.165, 1.54) is 0 Å². The summed E-state index contributed by atoms with van der Waals surface area (Å²) in [6.07, 6.45) is 3.39. The van der Waals surface area contributed by atoms with Crippen LogP contribution in [-0.4, -0.2) is 17.8 Å². The van der Waals surface area contributed by atoms with Crippen molar-refractivity contribution < 1.29 is 8.42 Å². The van der Waals surface area contributed by atoms with Gasteiger partial charge in [-0.05, 0) is 6.92 Å². The van der Waals surface area contributed by atoms with Crippen LogP contribution in [0.15, 0.2) is 12.5 Å². The summed E-state index contributed by atoms with van der Waals surface area (Å²) in [5.74, 6) is 0. The molecule has 6 nitrogen and oxygen atoms in total. The van der Waals surface area contributed by atoms with Gasteiger partial charge in [0.05, 0.1) is 18.4 Å². The molecule has 0 fully saturated rings. The molecule has 0 radical (unpaired) electrons. The van der Waals surface area contributed by atoms with Crippen LogP contribution in [0.1, 0.15) is 10.6 Å². The zero-order valence-electron chi connectivity index (χ0n) is 7.97. The van der Waals surface area contributed by atoms with Crippen molar-refractivity contribution in [3.05, 3.63) is 23.1 Å². The Morgan fingerprint density at radius 2 is 2.40 bits per heavy atom. The van der Waals surface area contributed by atoms with E-state index < -0.39 is 10.2 Å². The maximum absolute atomic E-state index is 10.8. The topological polar surface area (TPSA) is 89.5 Å². The average Bonchev–Trinajstić information content (AvgIpc) is 2.60. The molecule has 0 saturated heterocycles. The molecule has 0 unspecified atom stereocenters. The number of fused-ring (bicyclic) bond motifs is 1. The van der Waals surface area contributed by atoms with Gasteiger partial charge in [-0.1, -0.05) is 0 Å². The summed E-state index contributed by atoms with van der Waals surface area (Å²) in [6, 6.07) is 0. The van der Waals surface area contributed by atoms with E-state index in [9.17, 15) is 8.42 Å². The number of nitrogens with one attached hydrogen (secondary N) is 1. The molecule has 82 valence electrons. The molecule has 0 saturated carbocycles. The lowest BCUT2D eigenvalue weighted by atomic mass is 10.4. The first kappa shape index (κ1) is 10.6. The van der Waals surface area contributed by atoms with E-state index in [2.05, 4.69) is 9.71 Å². The van der Waals surface area contributed by atoms with Crippen LogP contribution in [0.4, 0.5) is 0 Å². The van der Waals surface area contributed by atoms with Gasteiger partial charge in [0.15, 0.2) is 0 Å². The van der Waals surface area contributed by atoms with Crippen molar-refractivity contribution in [2.45, 2.75) is 13.5 Å². The van der Waals surface area contributed by atoms with Crippen molar-refractivity contribution in [2.24, 2.45) is 5.14 Å². The van der Waals surface area contributed by atoms with Crippen LogP contribution in [0.25, 0.3) is 4.83 Å². The molecule has 2 aromatic rings. The monoisotopic (exact) mass is 246 g/mol. The maximum atomic E-state index is 10.8. The van der Waals surface area contributed by atoms with E-state index in [1.807, 2.05) is 11.3 Å². The Morgan fingerprint density at radius 3 is 3.07 bits per heavy atom. The number of aryl methyl sites for hydroxylation is 1. The van der Waals surface area contributed by atoms with Crippen LogP contribution in [0.2, 0.25) is 0 Å². The molecule has 0 amide bonds. The zero-order valence-corrected chi connectivity index (χ0v) is 9.60. The number of rotatable bonds is 3. The van der Waals surface area contributed by atoms with Gasteiger partial charge in [-0.15, -0.1) is 11.3 Å². The molecular weight excluding hydrogens is 236 g/mol. The predicted octanol–water partition coefficient (Wildman–Crippen LogP) is -0.00268. The van der Waals surface area contributed by atoms with Crippen LogP contribution < -0.4 is 9.86 Å². The van der Waals surface area contributed by atoms with Crippen LogP contribution in [0.3, 0.4) is 0 Å². The molecule has 0 aromatic carbocycles. The molecule has 2 rings (SSSR count). The highest BCUT2D eigenvalue weighted by molar-refractivity contribution is 7.87. The summed E-state index contributed by atoms with van der Waals surface area (Å²) >= 11 is 1.56. The van der Waals surface area contributed by atoms with Gasteiger partial charge in [-0.3, -0.25) is 4.40 Å². The number of nitrogens with two attached hydrogens (primary N) is 1. The Kier molecular flexibility index (Phi) is 2.51. The van der Waals surface area contributed by atoms with E-state index in [0.717, 1.165) is 15.4 Å². The molecule has 0 bridgehead atoms. The molecule has 0 aliphatic rings. The van der Waals surface area contributed by atoms with Gasteiger partial charge in [0.1, 0.15) is 11.2 Å². The fraction of sp³-hybridized carbons (Fsp3) is 0.286. The van der Waals surface area contributed by atoms with Gasteiger partial charge < -0.3 is 0 Å². The number of thiazole rings is 1. The van der Waals surface area contributed by atoms with Gasteiger partial charge in [0, 0.05) is 4.88 Å². The van der Waals surface area contributed by atoms with E-state index in [4.69, 9.17) is 5.14 Å². The third-order valence-corrected chi connectivity index (χ3v) is 3.60. The SMILES string of the molecule is Cc1sc2cncn2c1CNS(N)(=O)=O. The number of hydrogen-bond acceptors (Lipinski definition) is 4. The fourth-order valence-electron chi connectivity index (χ4n) is 1.33. The molecule has 0 aliphatic carbocycles. The van der Waals surface area contributed by atoms with Crippen LogP contribution in [0, 0.1) is 6.92 Å². The summed E-state index contributed by atoms with van der Waals surface area (Å²) in [6.45, 7) is 2.11. The third-order valence-electron chi connectivity index (χ3n) is 2.00. The highest BCUT2D eigenvalue weighted by atomic mass is 32.2. The second-order valence-corrected chi connectivity index (χ2v) is 5.69. The minimum Gasteiger partial charge on any atom is -0.292 e. The molecule has 2 heterocycles. The summed E-state index contributed by atoms with van der Waals surface area (Å²) in [5, 5.41) is 4.86. The van der Waals surface area contributed by atoms with Crippen molar-refractivity contribution in [1.29, 1.82) is 0 Å². The van der Waals surface area contributed by atoms with Crippen molar-refractivity contribution in [2.75, 3.05) is 0 Å². The first-order valence-electron chi connectivity index (χ1n) is 4.15. The Morgan fingerprint density at radius 1 is 1.67 bits per heavy atom. The second kappa shape index (κ2) is 3.56. The summed E-state index contributed by atoms with van der Waals surface area (Å²) in [4.78, 5) is 6.00. The number of aromatic nitrogens is 2. The molecule has 8 heteroatoms. The standard InChI is InChI=1S/C7H10N4O2S2/c1-5-6(2-10-15(8,12)13)11-4-9-3-7(11)14-5/h3-4,10H,2H2,1H3,(H2,8,12,13). The minimum atomic E-state index is -3.65. The first-order chi connectivity index (χ1) is 6.97. The van der Waals surface area contributed by atoms with Gasteiger partial charge >= 0.3 is 0 Å². The molecule has 0 spiro atoms. The van der Waals surface area contributed by atoms with E-state index in [-0.39, 0.29) is 6.54 Å². The van der Waals surface area contributed by atoms with Crippen molar-refractivity contribution in [3.63, 3.8) is 0 Å². The van der Waals surface area contributed by atoms with Gasteiger partial charge in [0.2, 0.25) is 0 Å². The highest BCUT2D eigenvalue weighted by Gasteiger charge is 2.10. The van der Waals surface area contributed by atoms with E-state index >= 15 is 0 Å². The lowest BCUT2D eigenvalue weighted by molar-refractivity contribution is 0.582. The average molecular weight is 246 g/mol. The fourth-order valence-corrected chi connectivity index (χ4v) is 2.63. The summed E-state index contributed by atoms with van der Waals surface area (Å²) in [5.41, 5.74) is 0.863. The second-order valence-electron chi connectivity index (χ2n) is 3.07. The molecule has 0 atom stereocenters. The van der Waals surface area contributed by atoms with Crippen LogP contribution >= 0.6 is 11.3 Å². The Labute approximate surface area is 90.9 Å². The molecular formula is C7H10N4O2S2. The van der Waals surface area contributed by atoms with E-state index in [1.54, 1.807) is 23.9 Å². The van der Waals surface area contributed by atoms with Crippen molar-refractivity contribution in [1.82, 2.24) is 14.1 Å². The van der Waals surface area contributed by atoms with Gasteiger partial charge in [0.25, 0.3) is 10.2 Å². The quantitative estimate of drug-likeness (QED) is 0.798. The Bertz CT molecular complexity index is 583. The number of nitrogens with zero attached hydrogens (tertiary/aromatic N) is 2. The lowest BCUT2D eigenvalue weighted by Crippen LogP contribution is -2.30. The largest absolute Gasteiger partial charge is 0.292 e. The highest BCUT2D eigenvalue weighted by Crippen LogP contribution is 2.21. The number of hydrogen-bond donors (Lipinski definition) is 2. The van der Waals surface area contributed by atoms with Gasteiger partial charge in [-0.2, -0.15) is 13.1 Å². The van der Waals surface area contributed by atoms with Crippen molar-refractivity contribution >= 4 is 26.4 Å². The minimum absolute atomic E-state index is 0.182. The zero-order chi connectivity index (χ0) is 11.1. The Balaban J connectivity index is 2.34. The maximum Gasteiger partial charge on any atom is 0.274 e. The Hall–Kier alpha value is -0.960. The first-order valence-corrected chi connectivity index (χ1v) is 6.51. The third kappa shape index (κ3) is 2.17. The smallest absolute Gasteiger partial charge is 0.274 e. The molecule has 15 heavy (non-hydrogen) atoms. The lowest BCUT2D eigenvalue weighted by Gasteiger charge is -2.02. The number of imidazole rings is 1. The van der Waals surface area contributed by atoms with Gasteiger partial charge in [-0.25, -0.2) is 10.1 Å². The molecule has 3 N–H and O–H groups in total. The molecule has 2 aromatic heterocycles. The van der Waals surface area contributed by atoms with Crippen LogP contribution in [-0.2, 0) is 16.8 Å². The predicted molar refractivity (Wildman–Crippen MR) is 57.8 cm³/mol. The van der Waals surface area contributed by atoms with Crippen LogP contribution in [0.5, 0.6) is 0 Å². The summed E-state index contributed by atoms with van der Waals surface area (Å²) < 4.78 is 25.6.